The number of carbonyl (C=O) groups excluding carboxylic acids is 3. The van der Waals surface area contributed by atoms with Crippen molar-refractivity contribution in [3.8, 4) is 11.5 Å². The molecule has 0 aromatic heterocycles. The SMILES string of the molecule is NC(=O)CN1OC2C(=O)NC(=O)C2C1c1cccc(Oc2ccccc2)c1. The van der Waals surface area contributed by atoms with E-state index in [0.29, 0.717) is 17.1 Å². The van der Waals surface area contributed by atoms with E-state index in [-0.39, 0.29) is 6.54 Å². The van der Waals surface area contributed by atoms with Crippen LogP contribution in [0.25, 0.3) is 0 Å². The first-order chi connectivity index (χ1) is 13.0. The molecule has 3 unspecified atom stereocenters. The molecule has 3 amide bonds. The lowest BCUT2D eigenvalue weighted by Gasteiger charge is -2.24. The number of nitrogens with one attached hydrogen (secondary N) is 1. The van der Waals surface area contributed by atoms with Gasteiger partial charge in [-0.1, -0.05) is 30.3 Å². The second-order valence-corrected chi connectivity index (χ2v) is 6.38. The highest BCUT2D eigenvalue weighted by atomic mass is 16.7. The Hall–Kier alpha value is -3.23. The highest BCUT2D eigenvalue weighted by molar-refractivity contribution is 6.07. The van der Waals surface area contributed by atoms with Gasteiger partial charge >= 0.3 is 0 Å². The molecule has 2 aromatic rings. The van der Waals surface area contributed by atoms with Gasteiger partial charge in [0.05, 0.1) is 12.0 Å². The Balaban J connectivity index is 1.66. The predicted molar refractivity (Wildman–Crippen MR) is 93.1 cm³/mol. The maximum atomic E-state index is 12.3. The third-order valence-electron chi connectivity index (χ3n) is 4.52. The lowest BCUT2D eigenvalue weighted by Crippen LogP contribution is -2.37. The highest BCUT2D eigenvalue weighted by Gasteiger charge is 2.56. The highest BCUT2D eigenvalue weighted by Crippen LogP contribution is 2.42. The second kappa shape index (κ2) is 6.82. The molecule has 2 fully saturated rings. The Labute approximate surface area is 154 Å². The van der Waals surface area contributed by atoms with E-state index >= 15 is 0 Å². The minimum Gasteiger partial charge on any atom is -0.457 e. The number of para-hydroxylation sites is 1. The zero-order valence-electron chi connectivity index (χ0n) is 14.2. The molecule has 0 spiro atoms. The number of hydroxylamine groups is 2. The number of amides is 3. The van der Waals surface area contributed by atoms with Crippen LogP contribution in [-0.2, 0) is 19.2 Å². The number of primary amides is 1. The molecule has 2 saturated heterocycles. The van der Waals surface area contributed by atoms with Crippen molar-refractivity contribution in [2.75, 3.05) is 6.54 Å². The Kier molecular flexibility index (Phi) is 4.35. The Morgan fingerprint density at radius 1 is 1.07 bits per heavy atom. The van der Waals surface area contributed by atoms with E-state index in [2.05, 4.69) is 5.32 Å². The first-order valence-corrected chi connectivity index (χ1v) is 8.42. The van der Waals surface area contributed by atoms with Crippen molar-refractivity contribution in [3.63, 3.8) is 0 Å². The number of hydrogen-bond acceptors (Lipinski definition) is 6. The predicted octanol–water partition coefficient (Wildman–Crippen LogP) is 0.894. The van der Waals surface area contributed by atoms with E-state index in [9.17, 15) is 14.4 Å². The van der Waals surface area contributed by atoms with Crippen molar-refractivity contribution in [2.45, 2.75) is 12.1 Å². The maximum Gasteiger partial charge on any atom is 0.258 e. The van der Waals surface area contributed by atoms with Crippen molar-refractivity contribution in [1.82, 2.24) is 10.4 Å². The number of hydrogen-bond donors (Lipinski definition) is 2. The van der Waals surface area contributed by atoms with Gasteiger partial charge in [0.2, 0.25) is 11.8 Å². The molecular weight excluding hydrogens is 350 g/mol. The van der Waals surface area contributed by atoms with Crippen LogP contribution in [0, 0.1) is 5.92 Å². The second-order valence-electron chi connectivity index (χ2n) is 6.38. The Bertz CT molecular complexity index is 901. The van der Waals surface area contributed by atoms with Crippen molar-refractivity contribution >= 4 is 17.7 Å². The van der Waals surface area contributed by atoms with Crippen LogP contribution in [0.2, 0.25) is 0 Å². The largest absolute Gasteiger partial charge is 0.457 e. The van der Waals surface area contributed by atoms with Crippen LogP contribution >= 0.6 is 0 Å². The van der Waals surface area contributed by atoms with Gasteiger partial charge in [0.15, 0.2) is 6.10 Å². The first kappa shape index (κ1) is 17.2. The topological polar surface area (TPSA) is 111 Å². The van der Waals surface area contributed by atoms with E-state index in [4.69, 9.17) is 15.3 Å². The molecule has 4 rings (SSSR count). The molecule has 27 heavy (non-hydrogen) atoms. The summed E-state index contributed by atoms with van der Waals surface area (Å²) in [6.45, 7) is -0.234. The maximum absolute atomic E-state index is 12.3. The molecule has 8 heteroatoms. The Morgan fingerprint density at radius 2 is 1.81 bits per heavy atom. The number of imide groups is 1. The monoisotopic (exact) mass is 367 g/mol. The number of fused-ring (bicyclic) bond motifs is 1. The van der Waals surface area contributed by atoms with Crippen LogP contribution in [0.4, 0.5) is 0 Å². The molecule has 0 radical (unpaired) electrons. The van der Waals surface area contributed by atoms with Gasteiger partial charge in [0.25, 0.3) is 5.91 Å². The van der Waals surface area contributed by atoms with Crippen molar-refractivity contribution in [3.05, 3.63) is 60.2 Å². The third kappa shape index (κ3) is 3.27. The average Bonchev–Trinajstić information content (AvgIpc) is 3.13. The van der Waals surface area contributed by atoms with Crippen LogP contribution in [0.5, 0.6) is 11.5 Å². The lowest BCUT2D eigenvalue weighted by atomic mass is 9.90. The molecule has 2 heterocycles. The summed E-state index contributed by atoms with van der Waals surface area (Å²) >= 11 is 0. The molecule has 0 saturated carbocycles. The van der Waals surface area contributed by atoms with Crippen molar-refractivity contribution < 1.29 is 24.0 Å². The molecule has 0 bridgehead atoms. The third-order valence-corrected chi connectivity index (χ3v) is 4.52. The van der Waals surface area contributed by atoms with E-state index < -0.39 is 35.8 Å². The fourth-order valence-corrected chi connectivity index (χ4v) is 3.44. The summed E-state index contributed by atoms with van der Waals surface area (Å²) in [7, 11) is 0. The van der Waals surface area contributed by atoms with Crippen LogP contribution in [0.3, 0.4) is 0 Å². The van der Waals surface area contributed by atoms with E-state index in [1.807, 2.05) is 30.3 Å². The summed E-state index contributed by atoms with van der Waals surface area (Å²) in [4.78, 5) is 41.2. The number of rotatable bonds is 5. The van der Waals surface area contributed by atoms with Gasteiger partial charge in [-0.25, -0.2) is 0 Å². The smallest absolute Gasteiger partial charge is 0.258 e. The molecule has 2 aromatic carbocycles. The van der Waals surface area contributed by atoms with E-state index in [0.717, 1.165) is 0 Å². The summed E-state index contributed by atoms with van der Waals surface area (Å²) in [6.07, 6.45) is -0.972. The van der Waals surface area contributed by atoms with Crippen molar-refractivity contribution in [1.29, 1.82) is 0 Å². The summed E-state index contributed by atoms with van der Waals surface area (Å²) in [5.41, 5.74) is 5.98. The van der Waals surface area contributed by atoms with Gasteiger partial charge in [0.1, 0.15) is 18.0 Å². The Morgan fingerprint density at radius 3 is 2.56 bits per heavy atom. The number of nitrogens with zero attached hydrogens (tertiary/aromatic N) is 1. The fraction of sp³-hybridized carbons (Fsp3) is 0.211. The van der Waals surface area contributed by atoms with Crippen LogP contribution in [0.1, 0.15) is 11.6 Å². The average molecular weight is 367 g/mol. The first-order valence-electron chi connectivity index (χ1n) is 8.42. The van der Waals surface area contributed by atoms with Gasteiger partial charge in [-0.15, -0.1) is 0 Å². The summed E-state index contributed by atoms with van der Waals surface area (Å²) in [5, 5.41) is 3.57. The number of ether oxygens (including phenoxy) is 1. The van der Waals surface area contributed by atoms with E-state index in [1.165, 1.54) is 5.06 Å². The fourth-order valence-electron chi connectivity index (χ4n) is 3.44. The molecule has 8 nitrogen and oxygen atoms in total. The summed E-state index contributed by atoms with van der Waals surface area (Å²) < 4.78 is 5.84. The van der Waals surface area contributed by atoms with Gasteiger partial charge < -0.3 is 10.5 Å². The molecule has 138 valence electrons. The number of benzene rings is 2. The van der Waals surface area contributed by atoms with Gasteiger partial charge in [-0.3, -0.25) is 24.5 Å². The van der Waals surface area contributed by atoms with Gasteiger partial charge in [-0.05, 0) is 29.8 Å². The minimum absolute atomic E-state index is 0.234. The minimum atomic E-state index is -0.972. The summed E-state index contributed by atoms with van der Waals surface area (Å²) in [6, 6.07) is 15.7. The van der Waals surface area contributed by atoms with Crippen LogP contribution in [-0.4, -0.2) is 35.4 Å². The summed E-state index contributed by atoms with van der Waals surface area (Å²) in [5.74, 6) is -1.10. The van der Waals surface area contributed by atoms with Crippen molar-refractivity contribution in [2.24, 2.45) is 11.7 Å². The number of carbonyl (C=O) groups is 3. The van der Waals surface area contributed by atoms with Crippen LogP contribution in [0.15, 0.2) is 54.6 Å². The zero-order chi connectivity index (χ0) is 19.0. The molecule has 3 N–H and O–H groups in total. The quantitative estimate of drug-likeness (QED) is 0.760. The molecule has 0 aliphatic carbocycles. The molecule has 2 aliphatic heterocycles. The lowest BCUT2D eigenvalue weighted by molar-refractivity contribution is -0.176. The molecular formula is C19H17N3O5. The zero-order valence-corrected chi connectivity index (χ0v) is 14.2. The standard InChI is InChI=1S/C19H17N3O5/c20-14(23)10-22-16(15-17(27-22)19(25)21-18(15)24)11-5-4-8-13(9-11)26-12-6-2-1-3-7-12/h1-9,15-17H,10H2,(H2,20,23)(H,21,24,25). The van der Waals surface area contributed by atoms with Gasteiger partial charge in [0, 0.05) is 0 Å². The number of nitrogens with two attached hydrogens (primary N) is 1. The molecule has 2 aliphatic rings. The van der Waals surface area contributed by atoms with E-state index in [1.54, 1.807) is 24.3 Å². The van der Waals surface area contributed by atoms with Crippen LogP contribution < -0.4 is 15.8 Å². The normalized spacial score (nSPS) is 24.5. The van der Waals surface area contributed by atoms with Gasteiger partial charge in [-0.2, -0.15) is 5.06 Å². The molecule has 3 atom stereocenters.